The molecular weight excluding hydrogens is 618 g/mol. The fourth-order valence-electron chi connectivity index (χ4n) is 3.86. The minimum Gasteiger partial charge on any atom is -0.315 e. The largest absolute Gasteiger partial charge is 0.315 e. The zero-order valence-corrected chi connectivity index (χ0v) is 25.4. The second kappa shape index (κ2) is 11.6. The highest BCUT2D eigenvalue weighted by molar-refractivity contribution is 9.10. The van der Waals surface area contributed by atoms with Crippen LogP contribution in [0.3, 0.4) is 0 Å². The lowest BCUT2D eigenvalue weighted by molar-refractivity contribution is 0.768. The molecule has 13 nitrogen and oxygen atoms in total. The van der Waals surface area contributed by atoms with Crippen molar-refractivity contribution in [3.63, 3.8) is 0 Å². The van der Waals surface area contributed by atoms with Gasteiger partial charge in [0, 0.05) is 43.5 Å². The van der Waals surface area contributed by atoms with Gasteiger partial charge in [0.2, 0.25) is 5.13 Å². The van der Waals surface area contributed by atoms with E-state index in [9.17, 15) is 0 Å². The van der Waals surface area contributed by atoms with Gasteiger partial charge in [-0.2, -0.15) is 10.2 Å². The van der Waals surface area contributed by atoms with Crippen LogP contribution in [0.2, 0.25) is 0 Å². The van der Waals surface area contributed by atoms with E-state index < -0.39 is 0 Å². The second-order valence-electron chi connectivity index (χ2n) is 9.56. The molecule has 42 heavy (non-hydrogen) atoms. The molecule has 7 rings (SSSR count). The van der Waals surface area contributed by atoms with Crippen molar-refractivity contribution in [3.05, 3.63) is 71.1 Å². The molecule has 0 saturated heterocycles. The summed E-state index contributed by atoms with van der Waals surface area (Å²) in [5, 5.41) is 21.5. The van der Waals surface area contributed by atoms with E-state index in [1.54, 1.807) is 34.2 Å². The molecule has 7 aromatic rings. The molecule has 0 aliphatic rings. The summed E-state index contributed by atoms with van der Waals surface area (Å²) in [5.74, 6) is 1.02. The Labute approximate surface area is 252 Å². The van der Waals surface area contributed by atoms with Crippen LogP contribution in [0, 0.1) is 0 Å². The van der Waals surface area contributed by atoms with Crippen molar-refractivity contribution >= 4 is 60.5 Å². The molecule has 0 aromatic carbocycles. The molecule has 1 N–H and O–H groups in total. The third-order valence-corrected chi connectivity index (χ3v) is 7.53. The zero-order chi connectivity index (χ0) is 29.2. The van der Waals surface area contributed by atoms with E-state index in [2.05, 4.69) is 85.4 Å². The predicted molar refractivity (Wildman–Crippen MR) is 164 cm³/mol. The molecule has 7 heterocycles. The minimum absolute atomic E-state index is 0.352. The monoisotopic (exact) mass is 641 g/mol. The van der Waals surface area contributed by atoms with Gasteiger partial charge in [0.15, 0.2) is 11.3 Å². The van der Waals surface area contributed by atoms with Crippen LogP contribution in [0.15, 0.2) is 66.0 Å². The summed E-state index contributed by atoms with van der Waals surface area (Å²) in [5.41, 5.74) is 6.06. The molecule has 0 fully saturated rings. The van der Waals surface area contributed by atoms with Crippen LogP contribution < -0.4 is 5.32 Å². The van der Waals surface area contributed by atoms with Crippen molar-refractivity contribution in [2.24, 2.45) is 14.1 Å². The van der Waals surface area contributed by atoms with Crippen molar-refractivity contribution in [2.75, 3.05) is 5.32 Å². The quantitative estimate of drug-likeness (QED) is 0.243. The van der Waals surface area contributed by atoms with Crippen LogP contribution in [-0.4, -0.2) is 59.7 Å². The number of hydrogen-bond donors (Lipinski definition) is 1. The van der Waals surface area contributed by atoms with Crippen LogP contribution in [0.4, 0.5) is 10.9 Å². The van der Waals surface area contributed by atoms with Gasteiger partial charge in [-0.25, -0.2) is 19.9 Å². The van der Waals surface area contributed by atoms with Gasteiger partial charge in [-0.3, -0.25) is 19.3 Å². The highest BCUT2D eigenvalue weighted by atomic mass is 79.9. The van der Waals surface area contributed by atoms with E-state index in [0.717, 1.165) is 43.2 Å². The topological polar surface area (TPSA) is 151 Å². The number of fused-ring (bicyclic) bond motifs is 2. The SMILES string of the molecule is CC(C)c1nnc(Nc2ccc3ncc(-c4cnn(C)c4)nc3n2)s1.Cn1cc(-c2cnc3ccc(Br)nc3n2)cn1. The summed E-state index contributed by atoms with van der Waals surface area (Å²) in [4.78, 5) is 26.6. The highest BCUT2D eigenvalue weighted by Crippen LogP contribution is 2.26. The molecule has 0 spiro atoms. The highest BCUT2D eigenvalue weighted by Gasteiger charge is 2.10. The van der Waals surface area contributed by atoms with Gasteiger partial charge < -0.3 is 5.32 Å². The van der Waals surface area contributed by atoms with Gasteiger partial charge in [-0.15, -0.1) is 10.2 Å². The van der Waals surface area contributed by atoms with E-state index in [1.165, 1.54) is 11.3 Å². The lowest BCUT2D eigenvalue weighted by atomic mass is 10.2. The van der Waals surface area contributed by atoms with Crippen LogP contribution in [0.5, 0.6) is 0 Å². The smallest absolute Gasteiger partial charge is 0.211 e. The van der Waals surface area contributed by atoms with E-state index in [4.69, 9.17) is 0 Å². The molecule has 0 aliphatic heterocycles. The molecule has 7 aromatic heterocycles. The van der Waals surface area contributed by atoms with E-state index >= 15 is 0 Å². The second-order valence-corrected chi connectivity index (χ2v) is 11.4. The molecule has 210 valence electrons. The molecular formula is C27H24BrN13S. The van der Waals surface area contributed by atoms with Crippen LogP contribution in [0.25, 0.3) is 44.8 Å². The Morgan fingerprint density at radius 2 is 1.33 bits per heavy atom. The maximum absolute atomic E-state index is 4.59. The fraction of sp³-hybridized carbons (Fsp3) is 0.185. The van der Waals surface area contributed by atoms with Crippen molar-refractivity contribution in [1.29, 1.82) is 0 Å². The summed E-state index contributed by atoms with van der Waals surface area (Å²) >= 11 is 4.85. The Balaban J connectivity index is 0.000000162. The minimum atomic E-state index is 0.352. The lowest BCUT2D eigenvalue weighted by Gasteiger charge is -2.03. The average Bonchev–Trinajstić information content (AvgIpc) is 3.74. The van der Waals surface area contributed by atoms with E-state index in [0.29, 0.717) is 28.2 Å². The number of nitrogens with one attached hydrogen (secondary N) is 1. The first kappa shape index (κ1) is 27.4. The summed E-state index contributed by atoms with van der Waals surface area (Å²) in [6, 6.07) is 7.47. The van der Waals surface area contributed by atoms with Crippen molar-refractivity contribution in [2.45, 2.75) is 19.8 Å². The molecule has 0 amide bonds. The molecule has 0 unspecified atom stereocenters. The van der Waals surface area contributed by atoms with E-state index in [1.807, 2.05) is 50.8 Å². The predicted octanol–water partition coefficient (Wildman–Crippen LogP) is 5.33. The van der Waals surface area contributed by atoms with Crippen LogP contribution in [0.1, 0.15) is 24.8 Å². The standard InChI is InChI=1S/C16H16N8S.C11H8BrN5/c1-9(2)15-22-23-16(25-15)21-13-5-4-11-14(20-13)19-12(7-17-11)10-6-18-24(3)8-10;1-17-6-7(4-14-17)9-5-13-8-2-3-10(12)16-11(8)15-9/h4-9H,1-3H3,(H,19,20,21,23);2-6H,1H3. The number of aryl methyl sites for hydroxylation is 2. The molecule has 0 bridgehead atoms. The Morgan fingerprint density at radius 1 is 0.738 bits per heavy atom. The zero-order valence-electron chi connectivity index (χ0n) is 23.0. The third kappa shape index (κ3) is 6.11. The van der Waals surface area contributed by atoms with Gasteiger partial charge in [-0.05, 0) is 40.2 Å². The number of rotatable bonds is 5. The first-order valence-electron chi connectivity index (χ1n) is 12.8. The van der Waals surface area contributed by atoms with Crippen LogP contribution >= 0.6 is 27.3 Å². The maximum Gasteiger partial charge on any atom is 0.211 e. The number of aromatic nitrogens is 12. The van der Waals surface area contributed by atoms with Gasteiger partial charge in [0.1, 0.15) is 26.5 Å². The molecule has 0 aliphatic carbocycles. The summed E-state index contributed by atoms with van der Waals surface area (Å²) in [6.45, 7) is 4.18. The number of hydrogen-bond acceptors (Lipinski definition) is 12. The number of nitrogens with zero attached hydrogens (tertiary/aromatic N) is 12. The lowest BCUT2D eigenvalue weighted by Crippen LogP contribution is -1.96. The fourth-order valence-corrected chi connectivity index (χ4v) is 4.91. The molecule has 0 atom stereocenters. The summed E-state index contributed by atoms with van der Waals surface area (Å²) in [7, 11) is 3.73. The van der Waals surface area contributed by atoms with Gasteiger partial charge >= 0.3 is 0 Å². The summed E-state index contributed by atoms with van der Waals surface area (Å²) in [6.07, 6.45) is 10.8. The molecule has 15 heteroatoms. The van der Waals surface area contributed by atoms with Crippen molar-refractivity contribution in [1.82, 2.24) is 59.7 Å². The first-order chi connectivity index (χ1) is 20.3. The van der Waals surface area contributed by atoms with Gasteiger partial charge in [0.05, 0.1) is 36.2 Å². The third-order valence-electron chi connectivity index (χ3n) is 5.95. The van der Waals surface area contributed by atoms with E-state index in [-0.39, 0.29) is 0 Å². The van der Waals surface area contributed by atoms with Crippen molar-refractivity contribution in [3.8, 4) is 22.5 Å². The Kier molecular flexibility index (Phi) is 7.58. The normalized spacial score (nSPS) is 11.2. The molecule has 0 saturated carbocycles. The van der Waals surface area contributed by atoms with Gasteiger partial charge in [0.25, 0.3) is 0 Å². The number of anilines is 2. The Bertz CT molecular complexity index is 2010. The Hall–Kier alpha value is -4.76. The van der Waals surface area contributed by atoms with Gasteiger partial charge in [-0.1, -0.05) is 25.2 Å². The maximum atomic E-state index is 4.59. The number of pyridine rings is 2. The van der Waals surface area contributed by atoms with Crippen molar-refractivity contribution < 1.29 is 0 Å². The first-order valence-corrected chi connectivity index (χ1v) is 14.4. The van der Waals surface area contributed by atoms with Crippen LogP contribution in [-0.2, 0) is 14.1 Å². The Morgan fingerprint density at radius 3 is 1.88 bits per heavy atom. The average molecular weight is 643 g/mol. The summed E-state index contributed by atoms with van der Waals surface area (Å²) < 4.78 is 4.21. The number of halogens is 1. The molecule has 0 radical (unpaired) electrons.